The molecule has 6 heteroatoms. The monoisotopic (exact) mass is 321 g/mol. The van der Waals surface area contributed by atoms with Crippen molar-refractivity contribution in [2.24, 2.45) is 10.7 Å². The highest BCUT2D eigenvalue weighted by molar-refractivity contribution is 5.94. The van der Waals surface area contributed by atoms with Gasteiger partial charge in [0.1, 0.15) is 5.75 Å². The number of para-hydroxylation sites is 2. The van der Waals surface area contributed by atoms with Crippen LogP contribution in [0.5, 0.6) is 5.75 Å². The molecule has 2 aromatic carbocycles. The lowest BCUT2D eigenvalue weighted by Crippen LogP contribution is -2.31. The fraction of sp³-hybridized carbons (Fsp3) is 0.222. The SMILES string of the molecule is CCc1cc(OC)ccc1[C@@H]1N=C(N)Nc2nc3ccccc3n21. The number of imidazole rings is 1. The number of anilines is 1. The first kappa shape index (κ1) is 14.6. The third kappa shape index (κ3) is 2.19. The molecule has 1 aromatic heterocycles. The van der Waals surface area contributed by atoms with Gasteiger partial charge in [-0.25, -0.2) is 9.98 Å². The van der Waals surface area contributed by atoms with Gasteiger partial charge in [0.2, 0.25) is 5.95 Å². The van der Waals surface area contributed by atoms with Crippen LogP contribution in [0.15, 0.2) is 47.5 Å². The lowest BCUT2D eigenvalue weighted by atomic mass is 10.0. The summed E-state index contributed by atoms with van der Waals surface area (Å²) in [5.41, 5.74) is 10.2. The van der Waals surface area contributed by atoms with Crippen LogP contribution in [0, 0.1) is 0 Å². The quantitative estimate of drug-likeness (QED) is 0.777. The smallest absolute Gasteiger partial charge is 0.212 e. The second-order valence-electron chi connectivity index (χ2n) is 5.73. The van der Waals surface area contributed by atoms with Crippen LogP contribution in [0.3, 0.4) is 0 Å². The van der Waals surface area contributed by atoms with Crippen LogP contribution in [0.25, 0.3) is 11.0 Å². The normalized spacial score (nSPS) is 16.4. The van der Waals surface area contributed by atoms with Gasteiger partial charge in [-0.15, -0.1) is 0 Å². The largest absolute Gasteiger partial charge is 0.497 e. The third-order valence-electron chi connectivity index (χ3n) is 4.35. The van der Waals surface area contributed by atoms with E-state index in [1.165, 1.54) is 5.56 Å². The van der Waals surface area contributed by atoms with E-state index in [2.05, 4.69) is 38.9 Å². The molecule has 0 saturated heterocycles. The summed E-state index contributed by atoms with van der Waals surface area (Å²) in [7, 11) is 1.68. The molecule has 3 N–H and O–H groups in total. The summed E-state index contributed by atoms with van der Waals surface area (Å²) < 4.78 is 7.44. The Morgan fingerprint density at radius 2 is 2.08 bits per heavy atom. The van der Waals surface area contributed by atoms with Crippen molar-refractivity contribution in [2.75, 3.05) is 12.4 Å². The molecule has 0 fully saturated rings. The van der Waals surface area contributed by atoms with E-state index in [9.17, 15) is 0 Å². The van der Waals surface area contributed by atoms with Crippen LogP contribution >= 0.6 is 0 Å². The van der Waals surface area contributed by atoms with Gasteiger partial charge >= 0.3 is 0 Å². The highest BCUT2D eigenvalue weighted by atomic mass is 16.5. The fourth-order valence-corrected chi connectivity index (χ4v) is 3.19. The predicted octanol–water partition coefficient (Wildman–Crippen LogP) is 2.89. The standard InChI is InChI=1S/C18H19N5O/c1-3-11-10-12(24-2)8-9-13(11)16-21-17(19)22-18-20-14-6-4-5-7-15(14)23(16)18/h4-10,16H,3H2,1-2H3,(H3,19,20,21,22)/t16-/m1/s1. The number of hydrogen-bond acceptors (Lipinski definition) is 5. The number of aryl methyl sites for hydroxylation is 1. The Morgan fingerprint density at radius 1 is 1.25 bits per heavy atom. The first-order valence-electron chi connectivity index (χ1n) is 7.95. The molecular weight excluding hydrogens is 302 g/mol. The maximum absolute atomic E-state index is 6.01. The number of nitrogens with zero attached hydrogens (tertiary/aromatic N) is 3. The number of nitrogens with two attached hydrogens (primary N) is 1. The van der Waals surface area contributed by atoms with Crippen molar-refractivity contribution in [1.82, 2.24) is 9.55 Å². The molecule has 2 heterocycles. The molecule has 0 amide bonds. The second-order valence-corrected chi connectivity index (χ2v) is 5.73. The molecule has 1 aliphatic rings. The summed E-state index contributed by atoms with van der Waals surface area (Å²) in [6.07, 6.45) is 0.642. The van der Waals surface area contributed by atoms with E-state index < -0.39 is 0 Å². The number of aliphatic imine (C=N–C) groups is 1. The van der Waals surface area contributed by atoms with Gasteiger partial charge in [-0.05, 0) is 36.2 Å². The number of methoxy groups -OCH3 is 1. The van der Waals surface area contributed by atoms with Crippen molar-refractivity contribution >= 4 is 22.9 Å². The van der Waals surface area contributed by atoms with E-state index in [1.807, 2.05) is 30.3 Å². The Morgan fingerprint density at radius 3 is 2.88 bits per heavy atom. The molecule has 0 radical (unpaired) electrons. The van der Waals surface area contributed by atoms with E-state index in [4.69, 9.17) is 10.5 Å². The van der Waals surface area contributed by atoms with Crippen LogP contribution in [0.2, 0.25) is 0 Å². The predicted molar refractivity (Wildman–Crippen MR) is 95.5 cm³/mol. The Balaban J connectivity index is 1.94. The summed E-state index contributed by atoms with van der Waals surface area (Å²) in [4.78, 5) is 9.28. The zero-order valence-electron chi connectivity index (χ0n) is 13.7. The van der Waals surface area contributed by atoms with Gasteiger partial charge in [0.25, 0.3) is 0 Å². The molecule has 0 bridgehead atoms. The zero-order chi connectivity index (χ0) is 16.7. The summed E-state index contributed by atoms with van der Waals surface area (Å²) >= 11 is 0. The molecule has 0 aliphatic carbocycles. The zero-order valence-corrected chi connectivity index (χ0v) is 13.7. The van der Waals surface area contributed by atoms with Crippen LogP contribution in [0.4, 0.5) is 5.95 Å². The van der Waals surface area contributed by atoms with Crippen LogP contribution in [-0.4, -0.2) is 22.6 Å². The molecule has 0 spiro atoms. The average Bonchev–Trinajstić information content (AvgIpc) is 2.98. The molecule has 0 unspecified atom stereocenters. The number of hydrogen-bond donors (Lipinski definition) is 2. The summed E-state index contributed by atoms with van der Waals surface area (Å²) in [6.45, 7) is 2.12. The third-order valence-corrected chi connectivity index (χ3v) is 4.35. The van der Waals surface area contributed by atoms with Crippen LogP contribution in [-0.2, 0) is 6.42 Å². The first-order chi connectivity index (χ1) is 11.7. The molecule has 4 rings (SSSR count). The first-order valence-corrected chi connectivity index (χ1v) is 7.95. The van der Waals surface area contributed by atoms with Crippen LogP contribution < -0.4 is 15.8 Å². The number of guanidine groups is 1. The minimum atomic E-state index is -0.241. The fourth-order valence-electron chi connectivity index (χ4n) is 3.19. The van der Waals surface area contributed by atoms with Gasteiger partial charge in [0.05, 0.1) is 18.1 Å². The van der Waals surface area contributed by atoms with E-state index >= 15 is 0 Å². The number of nitrogens with one attached hydrogen (secondary N) is 1. The molecule has 6 nitrogen and oxygen atoms in total. The molecule has 1 aliphatic heterocycles. The number of aromatic nitrogens is 2. The molecule has 3 aromatic rings. The van der Waals surface area contributed by atoms with E-state index in [-0.39, 0.29) is 6.17 Å². The van der Waals surface area contributed by atoms with Crippen LogP contribution in [0.1, 0.15) is 24.2 Å². The van der Waals surface area contributed by atoms with Gasteiger partial charge in [-0.3, -0.25) is 9.88 Å². The van der Waals surface area contributed by atoms with Crippen molar-refractivity contribution in [3.8, 4) is 5.75 Å². The minimum Gasteiger partial charge on any atom is -0.497 e. The molecule has 122 valence electrons. The highest BCUT2D eigenvalue weighted by Gasteiger charge is 2.26. The Hall–Kier alpha value is -3.02. The topological polar surface area (TPSA) is 77.5 Å². The maximum Gasteiger partial charge on any atom is 0.212 e. The summed E-state index contributed by atoms with van der Waals surface area (Å²) in [6, 6.07) is 14.1. The van der Waals surface area contributed by atoms with Gasteiger partial charge in [-0.2, -0.15) is 0 Å². The Kier molecular flexibility index (Phi) is 3.37. The lowest BCUT2D eigenvalue weighted by Gasteiger charge is -2.25. The Bertz CT molecular complexity index is 944. The van der Waals surface area contributed by atoms with Crippen molar-refractivity contribution < 1.29 is 4.74 Å². The minimum absolute atomic E-state index is 0.241. The van der Waals surface area contributed by atoms with Gasteiger partial charge < -0.3 is 10.5 Å². The van der Waals surface area contributed by atoms with E-state index in [1.54, 1.807) is 7.11 Å². The van der Waals surface area contributed by atoms with Crippen molar-refractivity contribution in [2.45, 2.75) is 19.5 Å². The van der Waals surface area contributed by atoms with E-state index in [0.29, 0.717) is 11.9 Å². The molecule has 24 heavy (non-hydrogen) atoms. The molecule has 0 saturated carbocycles. The average molecular weight is 321 g/mol. The second kappa shape index (κ2) is 5.56. The molecular formula is C18H19N5O. The van der Waals surface area contributed by atoms with Crippen molar-refractivity contribution in [1.29, 1.82) is 0 Å². The summed E-state index contributed by atoms with van der Waals surface area (Å²) in [5, 5.41) is 3.06. The lowest BCUT2D eigenvalue weighted by molar-refractivity contribution is 0.414. The molecule has 1 atom stereocenters. The summed E-state index contributed by atoms with van der Waals surface area (Å²) in [5.74, 6) is 1.93. The highest BCUT2D eigenvalue weighted by Crippen LogP contribution is 2.34. The number of ether oxygens (including phenoxy) is 1. The maximum atomic E-state index is 6.01. The van der Waals surface area contributed by atoms with Gasteiger partial charge in [0.15, 0.2) is 12.1 Å². The van der Waals surface area contributed by atoms with E-state index in [0.717, 1.165) is 28.8 Å². The van der Waals surface area contributed by atoms with Gasteiger partial charge in [0, 0.05) is 5.56 Å². The van der Waals surface area contributed by atoms with Crippen molar-refractivity contribution in [3.63, 3.8) is 0 Å². The van der Waals surface area contributed by atoms with Gasteiger partial charge in [-0.1, -0.05) is 25.1 Å². The number of benzene rings is 2. The number of fused-ring (bicyclic) bond motifs is 3. The number of rotatable bonds is 3. The Labute approximate surface area is 140 Å². The van der Waals surface area contributed by atoms with Crippen molar-refractivity contribution in [3.05, 3.63) is 53.6 Å².